The van der Waals surface area contributed by atoms with Gasteiger partial charge in [0.25, 0.3) is 0 Å². The molecule has 0 aromatic carbocycles. The van der Waals surface area contributed by atoms with Gasteiger partial charge in [0.15, 0.2) is 0 Å². The van der Waals surface area contributed by atoms with E-state index in [2.05, 4.69) is 17.6 Å². The van der Waals surface area contributed by atoms with Crippen molar-refractivity contribution in [2.75, 3.05) is 46.1 Å². The first-order valence-corrected chi connectivity index (χ1v) is 14.2. The fourth-order valence-electron chi connectivity index (χ4n) is 4.60. The zero-order valence-electron chi connectivity index (χ0n) is 22.4. The van der Waals surface area contributed by atoms with Gasteiger partial charge < -0.3 is 35.8 Å². The average Bonchev–Trinajstić information content (AvgIpc) is 2.85. The third-order valence-electron chi connectivity index (χ3n) is 6.72. The highest BCUT2D eigenvalue weighted by Gasteiger charge is 2.18. The Morgan fingerprint density at radius 3 is 1.77 bits per heavy atom. The number of amides is 1. The summed E-state index contributed by atoms with van der Waals surface area (Å²) in [5.74, 6) is 0.691. The van der Waals surface area contributed by atoms with Gasteiger partial charge in [-0.3, -0.25) is 0 Å². The highest BCUT2D eigenvalue weighted by molar-refractivity contribution is 5.67. The maximum atomic E-state index is 12.4. The largest absolute Gasteiger partial charge is 0.446 e. The van der Waals surface area contributed by atoms with Crippen LogP contribution in [0.15, 0.2) is 0 Å². The monoisotopic (exact) mass is 504 g/mol. The number of hydrogen-bond donors (Lipinski definition) is 6. The summed E-state index contributed by atoms with van der Waals surface area (Å²) in [5.41, 5.74) is 0. The summed E-state index contributed by atoms with van der Waals surface area (Å²) in [4.78, 5) is 12.4. The summed E-state index contributed by atoms with van der Waals surface area (Å²) in [7, 11) is 0. The van der Waals surface area contributed by atoms with E-state index in [1.165, 1.54) is 0 Å². The Morgan fingerprint density at radius 1 is 0.629 bits per heavy atom. The van der Waals surface area contributed by atoms with Crippen LogP contribution in [0.2, 0.25) is 0 Å². The minimum Gasteiger partial charge on any atom is -0.446 e. The van der Waals surface area contributed by atoms with Crippen molar-refractivity contribution in [1.82, 2.24) is 10.6 Å². The second-order valence-electron chi connectivity index (χ2n) is 9.72. The number of hydrogen-bond acceptors (Lipinski definition) is 7. The van der Waals surface area contributed by atoms with Gasteiger partial charge in [-0.1, -0.05) is 26.2 Å². The van der Waals surface area contributed by atoms with Crippen molar-refractivity contribution in [1.29, 1.82) is 0 Å². The smallest absolute Gasteiger partial charge is 0.407 e. The van der Waals surface area contributed by atoms with Gasteiger partial charge in [0.05, 0.1) is 0 Å². The van der Waals surface area contributed by atoms with Crippen LogP contribution >= 0.6 is 0 Å². The lowest BCUT2D eigenvalue weighted by molar-refractivity contribution is 0.0784. The molecular formula is C27H56N2O6. The molecule has 0 saturated carbocycles. The van der Waals surface area contributed by atoms with Crippen LogP contribution in [0, 0.1) is 11.8 Å². The topological polar surface area (TPSA) is 131 Å². The molecule has 210 valence electrons. The van der Waals surface area contributed by atoms with Crippen molar-refractivity contribution in [2.24, 2.45) is 11.8 Å². The van der Waals surface area contributed by atoms with Crippen LogP contribution in [0.3, 0.4) is 0 Å². The van der Waals surface area contributed by atoms with Gasteiger partial charge in [-0.2, -0.15) is 0 Å². The van der Waals surface area contributed by atoms with Crippen molar-refractivity contribution < 1.29 is 30.0 Å². The first-order valence-electron chi connectivity index (χ1n) is 14.2. The molecule has 1 amide bonds. The standard InChI is InChI=1S/C27H56N2O6/c1-2-28-18-5-3-4-6-19-29-27(34)35-26(15-14-25(17-23-33)12-9-21-31)13-7-10-24(16-22-32)11-8-20-30/h24-26,28,30-33H,2-23H2,1H3,(H,29,34). The van der Waals surface area contributed by atoms with Crippen LogP contribution in [0.4, 0.5) is 4.79 Å². The summed E-state index contributed by atoms with van der Waals surface area (Å²) >= 11 is 0. The molecule has 0 spiro atoms. The number of alkyl carbamates (subject to hydrolysis) is 1. The molecule has 0 aliphatic rings. The van der Waals surface area contributed by atoms with Crippen LogP contribution in [0.25, 0.3) is 0 Å². The molecule has 8 heteroatoms. The quantitative estimate of drug-likeness (QED) is 0.0989. The fraction of sp³-hybridized carbons (Fsp3) is 0.963. The highest BCUT2D eigenvalue weighted by atomic mass is 16.6. The third-order valence-corrected chi connectivity index (χ3v) is 6.72. The van der Waals surface area contributed by atoms with E-state index >= 15 is 0 Å². The summed E-state index contributed by atoms with van der Waals surface area (Å²) in [6.45, 7) is 5.38. The number of aliphatic hydroxyl groups excluding tert-OH is 4. The summed E-state index contributed by atoms with van der Waals surface area (Å²) in [5, 5.41) is 43.2. The molecular weight excluding hydrogens is 448 g/mol. The van der Waals surface area contributed by atoms with Crippen molar-refractivity contribution in [3.63, 3.8) is 0 Å². The molecule has 35 heavy (non-hydrogen) atoms. The molecule has 3 unspecified atom stereocenters. The zero-order valence-corrected chi connectivity index (χ0v) is 22.4. The first kappa shape index (κ1) is 34.1. The van der Waals surface area contributed by atoms with Gasteiger partial charge in [0.1, 0.15) is 6.10 Å². The van der Waals surface area contributed by atoms with E-state index in [0.717, 1.165) is 103 Å². The number of ether oxygens (including phenoxy) is 1. The Bertz CT molecular complexity index is 455. The Balaban J connectivity index is 4.57. The number of aliphatic hydroxyl groups is 4. The van der Waals surface area contributed by atoms with Crippen molar-refractivity contribution in [3.05, 3.63) is 0 Å². The predicted octanol–water partition coefficient (Wildman–Crippen LogP) is 3.74. The zero-order chi connectivity index (χ0) is 26.0. The van der Waals surface area contributed by atoms with E-state index in [0.29, 0.717) is 24.8 Å². The minimum atomic E-state index is -0.357. The van der Waals surface area contributed by atoms with Crippen LogP contribution in [0.1, 0.15) is 103 Å². The molecule has 0 heterocycles. The number of unbranched alkanes of at least 4 members (excludes halogenated alkanes) is 3. The van der Waals surface area contributed by atoms with Gasteiger partial charge in [-0.25, -0.2) is 4.79 Å². The molecule has 8 nitrogen and oxygen atoms in total. The lowest BCUT2D eigenvalue weighted by Gasteiger charge is -2.23. The van der Waals surface area contributed by atoms with Gasteiger partial charge in [-0.05, 0) is 102 Å². The lowest BCUT2D eigenvalue weighted by atomic mass is 9.90. The number of carbonyl (C=O) groups is 1. The van der Waals surface area contributed by atoms with Crippen molar-refractivity contribution >= 4 is 6.09 Å². The van der Waals surface area contributed by atoms with Gasteiger partial charge >= 0.3 is 6.09 Å². The Hall–Kier alpha value is -0.930. The number of carbonyl (C=O) groups excluding carboxylic acids is 1. The summed E-state index contributed by atoms with van der Waals surface area (Å²) in [6, 6.07) is 0. The van der Waals surface area contributed by atoms with E-state index in [4.69, 9.17) is 14.9 Å². The second-order valence-corrected chi connectivity index (χ2v) is 9.72. The molecule has 0 aromatic heterocycles. The third kappa shape index (κ3) is 22.0. The minimum absolute atomic E-state index is 0.129. The number of nitrogens with one attached hydrogen (secondary N) is 2. The summed E-state index contributed by atoms with van der Waals surface area (Å²) in [6.07, 6.45) is 12.7. The average molecular weight is 505 g/mol. The normalized spacial score (nSPS) is 14.0. The number of rotatable bonds is 26. The molecule has 6 N–H and O–H groups in total. The van der Waals surface area contributed by atoms with Crippen LogP contribution in [-0.4, -0.2) is 78.7 Å². The Morgan fingerprint density at radius 2 is 1.20 bits per heavy atom. The van der Waals surface area contributed by atoms with Crippen LogP contribution in [-0.2, 0) is 4.74 Å². The molecule has 0 fully saturated rings. The molecule has 0 bridgehead atoms. The molecule has 0 aliphatic carbocycles. The summed E-state index contributed by atoms with van der Waals surface area (Å²) < 4.78 is 5.80. The van der Waals surface area contributed by atoms with E-state index < -0.39 is 0 Å². The van der Waals surface area contributed by atoms with Gasteiger partial charge in [0, 0.05) is 33.0 Å². The first-order chi connectivity index (χ1) is 17.1. The molecule has 0 saturated heterocycles. The van der Waals surface area contributed by atoms with E-state index in [1.807, 2.05) is 0 Å². The molecule has 0 radical (unpaired) electrons. The van der Waals surface area contributed by atoms with E-state index in [-0.39, 0.29) is 38.6 Å². The molecule has 3 atom stereocenters. The van der Waals surface area contributed by atoms with Crippen molar-refractivity contribution in [3.8, 4) is 0 Å². The fourth-order valence-corrected chi connectivity index (χ4v) is 4.60. The van der Waals surface area contributed by atoms with Gasteiger partial charge in [0.2, 0.25) is 0 Å². The maximum Gasteiger partial charge on any atom is 0.407 e. The maximum absolute atomic E-state index is 12.4. The lowest BCUT2D eigenvalue weighted by Crippen LogP contribution is -2.30. The van der Waals surface area contributed by atoms with E-state index in [9.17, 15) is 15.0 Å². The Kier molecular flexibility index (Phi) is 25.4. The van der Waals surface area contributed by atoms with Crippen molar-refractivity contribution in [2.45, 2.75) is 109 Å². The second kappa shape index (κ2) is 26.1. The van der Waals surface area contributed by atoms with Crippen LogP contribution < -0.4 is 10.6 Å². The molecule has 0 aliphatic heterocycles. The molecule has 0 aromatic rings. The van der Waals surface area contributed by atoms with Gasteiger partial charge in [-0.15, -0.1) is 0 Å². The highest BCUT2D eigenvalue weighted by Crippen LogP contribution is 2.24. The Labute approximate surface area is 214 Å². The molecule has 0 rings (SSSR count). The predicted molar refractivity (Wildman–Crippen MR) is 141 cm³/mol. The van der Waals surface area contributed by atoms with E-state index in [1.54, 1.807) is 0 Å². The SMILES string of the molecule is CCNCCCCCCNC(=O)OC(CCCC(CCO)CCCO)CCC(CCO)CCCO. The van der Waals surface area contributed by atoms with Crippen LogP contribution in [0.5, 0.6) is 0 Å².